The lowest BCUT2D eigenvalue weighted by Gasteiger charge is -2.04. The van der Waals surface area contributed by atoms with Crippen molar-refractivity contribution in [3.05, 3.63) is 42.5 Å². The van der Waals surface area contributed by atoms with Gasteiger partial charge in [0.2, 0.25) is 0 Å². The maximum absolute atomic E-state index is 12.8. The molecule has 58 valence electrons. The molecule has 0 saturated heterocycles. The van der Waals surface area contributed by atoms with Crippen LogP contribution in [0, 0.1) is 5.82 Å². The third-order valence-electron chi connectivity index (χ3n) is 1.36. The summed E-state index contributed by atoms with van der Waals surface area (Å²) < 4.78 is 12.8. The number of pyridine rings is 1. The molecule has 0 spiro atoms. The van der Waals surface area contributed by atoms with Gasteiger partial charge in [0.05, 0.1) is 11.7 Å². The molecular formula is C8H9FN2. The molecule has 0 saturated carbocycles. The standard InChI is InChI=1S/C8H9FN2/c1-2-7(10)8-6(9)4-3-5-11-8/h2-5,7H,1,10H2/t7-/m0/s1. The van der Waals surface area contributed by atoms with Crippen molar-refractivity contribution in [2.45, 2.75) is 6.04 Å². The van der Waals surface area contributed by atoms with Gasteiger partial charge >= 0.3 is 0 Å². The maximum Gasteiger partial charge on any atom is 0.146 e. The molecule has 0 aromatic carbocycles. The van der Waals surface area contributed by atoms with Crippen molar-refractivity contribution in [3.63, 3.8) is 0 Å². The van der Waals surface area contributed by atoms with Crippen molar-refractivity contribution in [1.82, 2.24) is 4.98 Å². The molecule has 1 rings (SSSR count). The third kappa shape index (κ3) is 1.62. The largest absolute Gasteiger partial charge is 0.319 e. The van der Waals surface area contributed by atoms with Gasteiger partial charge in [0.1, 0.15) is 5.82 Å². The van der Waals surface area contributed by atoms with Crippen LogP contribution in [0.3, 0.4) is 0 Å². The highest BCUT2D eigenvalue weighted by Crippen LogP contribution is 2.10. The fourth-order valence-electron chi connectivity index (χ4n) is 0.755. The molecule has 3 heteroatoms. The van der Waals surface area contributed by atoms with Gasteiger partial charge in [0.15, 0.2) is 0 Å². The summed E-state index contributed by atoms with van der Waals surface area (Å²) >= 11 is 0. The van der Waals surface area contributed by atoms with Crippen molar-refractivity contribution >= 4 is 0 Å². The van der Waals surface area contributed by atoms with Gasteiger partial charge in [-0.1, -0.05) is 6.08 Å². The van der Waals surface area contributed by atoms with Gasteiger partial charge in [-0.15, -0.1) is 6.58 Å². The van der Waals surface area contributed by atoms with Crippen LogP contribution in [0.25, 0.3) is 0 Å². The van der Waals surface area contributed by atoms with E-state index in [1.807, 2.05) is 0 Å². The van der Waals surface area contributed by atoms with Gasteiger partial charge in [-0.3, -0.25) is 4.98 Å². The zero-order valence-electron chi connectivity index (χ0n) is 6.00. The molecule has 0 aliphatic heterocycles. The van der Waals surface area contributed by atoms with E-state index in [2.05, 4.69) is 11.6 Å². The number of halogens is 1. The monoisotopic (exact) mass is 152 g/mol. The molecule has 1 aromatic rings. The highest BCUT2D eigenvalue weighted by molar-refractivity contribution is 5.14. The summed E-state index contributed by atoms with van der Waals surface area (Å²) in [6, 6.07) is 2.33. The van der Waals surface area contributed by atoms with E-state index in [-0.39, 0.29) is 11.5 Å². The highest BCUT2D eigenvalue weighted by Gasteiger charge is 2.07. The Kier molecular flexibility index (Phi) is 2.33. The first-order valence-electron chi connectivity index (χ1n) is 3.24. The molecule has 0 bridgehead atoms. The zero-order valence-corrected chi connectivity index (χ0v) is 6.00. The van der Waals surface area contributed by atoms with Crippen LogP contribution in [0.15, 0.2) is 31.0 Å². The fourth-order valence-corrected chi connectivity index (χ4v) is 0.755. The molecule has 11 heavy (non-hydrogen) atoms. The van der Waals surface area contributed by atoms with Gasteiger partial charge in [0, 0.05) is 6.20 Å². The van der Waals surface area contributed by atoms with E-state index >= 15 is 0 Å². The highest BCUT2D eigenvalue weighted by atomic mass is 19.1. The molecular weight excluding hydrogens is 143 g/mol. The predicted octanol–water partition coefficient (Wildman–Crippen LogP) is 1.41. The summed E-state index contributed by atoms with van der Waals surface area (Å²) in [4.78, 5) is 3.78. The Morgan fingerprint density at radius 2 is 2.45 bits per heavy atom. The minimum Gasteiger partial charge on any atom is -0.319 e. The molecule has 0 fully saturated rings. The summed E-state index contributed by atoms with van der Waals surface area (Å²) in [5.74, 6) is -0.389. The lowest BCUT2D eigenvalue weighted by molar-refractivity contribution is 0.589. The number of nitrogens with two attached hydrogens (primary N) is 1. The van der Waals surface area contributed by atoms with Crippen molar-refractivity contribution < 1.29 is 4.39 Å². The quantitative estimate of drug-likeness (QED) is 0.650. The average Bonchev–Trinajstić information content (AvgIpc) is 2.04. The van der Waals surface area contributed by atoms with Crippen LogP contribution in [0.1, 0.15) is 11.7 Å². The third-order valence-corrected chi connectivity index (χ3v) is 1.36. The smallest absolute Gasteiger partial charge is 0.146 e. The van der Waals surface area contributed by atoms with E-state index in [1.54, 1.807) is 0 Å². The molecule has 0 aliphatic carbocycles. The number of hydrogen-bond acceptors (Lipinski definition) is 2. The molecule has 1 aromatic heterocycles. The van der Waals surface area contributed by atoms with Crippen molar-refractivity contribution in [1.29, 1.82) is 0 Å². The van der Waals surface area contributed by atoms with Crippen LogP contribution in [0.2, 0.25) is 0 Å². The molecule has 1 atom stereocenters. The maximum atomic E-state index is 12.8. The summed E-state index contributed by atoms with van der Waals surface area (Å²) in [5.41, 5.74) is 5.71. The second-order valence-electron chi connectivity index (χ2n) is 2.13. The van der Waals surface area contributed by atoms with Crippen LogP contribution in [0.4, 0.5) is 4.39 Å². The van der Waals surface area contributed by atoms with E-state index in [1.165, 1.54) is 24.4 Å². The van der Waals surface area contributed by atoms with Gasteiger partial charge in [-0.25, -0.2) is 4.39 Å². The van der Waals surface area contributed by atoms with Crippen LogP contribution in [-0.2, 0) is 0 Å². The Bertz CT molecular complexity index is 260. The first-order valence-corrected chi connectivity index (χ1v) is 3.24. The second kappa shape index (κ2) is 3.25. The fraction of sp³-hybridized carbons (Fsp3) is 0.125. The van der Waals surface area contributed by atoms with Gasteiger partial charge in [-0.05, 0) is 12.1 Å². The summed E-state index contributed by atoms with van der Waals surface area (Å²) in [7, 11) is 0. The van der Waals surface area contributed by atoms with Gasteiger partial charge in [0.25, 0.3) is 0 Å². The van der Waals surface area contributed by atoms with Crippen LogP contribution >= 0.6 is 0 Å². The molecule has 1 heterocycles. The molecule has 0 radical (unpaired) electrons. The minimum atomic E-state index is -0.517. The normalized spacial score (nSPS) is 12.5. The Labute approximate surface area is 64.6 Å². The lowest BCUT2D eigenvalue weighted by Crippen LogP contribution is -2.10. The second-order valence-corrected chi connectivity index (χ2v) is 2.13. The molecule has 0 unspecified atom stereocenters. The Morgan fingerprint density at radius 3 is 3.00 bits per heavy atom. The predicted molar refractivity (Wildman–Crippen MR) is 41.3 cm³/mol. The van der Waals surface area contributed by atoms with Crippen molar-refractivity contribution in [2.75, 3.05) is 0 Å². The lowest BCUT2D eigenvalue weighted by atomic mass is 10.2. The van der Waals surface area contributed by atoms with Crippen LogP contribution < -0.4 is 5.73 Å². The van der Waals surface area contributed by atoms with Gasteiger partial charge in [-0.2, -0.15) is 0 Å². The Hall–Kier alpha value is -1.22. The summed E-state index contributed by atoms with van der Waals surface area (Å²) in [6.45, 7) is 3.45. The van der Waals surface area contributed by atoms with Crippen molar-refractivity contribution in [3.8, 4) is 0 Å². The number of nitrogens with zero attached hydrogens (tertiary/aromatic N) is 1. The van der Waals surface area contributed by atoms with E-state index < -0.39 is 6.04 Å². The van der Waals surface area contributed by atoms with E-state index in [0.717, 1.165) is 0 Å². The van der Waals surface area contributed by atoms with E-state index in [4.69, 9.17) is 5.73 Å². The summed E-state index contributed by atoms with van der Waals surface area (Å²) in [5, 5.41) is 0. The SMILES string of the molecule is C=C[C@H](N)c1ncccc1F. The topological polar surface area (TPSA) is 38.9 Å². The van der Waals surface area contributed by atoms with Crippen LogP contribution in [0.5, 0.6) is 0 Å². The Balaban J connectivity index is 3.02. The number of hydrogen-bond donors (Lipinski definition) is 1. The molecule has 2 nitrogen and oxygen atoms in total. The van der Waals surface area contributed by atoms with Crippen LogP contribution in [-0.4, -0.2) is 4.98 Å². The van der Waals surface area contributed by atoms with E-state index in [0.29, 0.717) is 0 Å². The van der Waals surface area contributed by atoms with Crippen molar-refractivity contribution in [2.24, 2.45) is 5.73 Å². The minimum absolute atomic E-state index is 0.238. The molecule has 0 aliphatic rings. The Morgan fingerprint density at radius 1 is 1.73 bits per heavy atom. The zero-order chi connectivity index (χ0) is 8.27. The number of rotatable bonds is 2. The first-order chi connectivity index (χ1) is 5.25. The summed E-state index contributed by atoms with van der Waals surface area (Å²) in [6.07, 6.45) is 2.95. The number of aromatic nitrogens is 1. The van der Waals surface area contributed by atoms with E-state index in [9.17, 15) is 4.39 Å². The molecule has 0 amide bonds. The molecule has 2 N–H and O–H groups in total. The first kappa shape index (κ1) is 7.88. The van der Waals surface area contributed by atoms with Gasteiger partial charge < -0.3 is 5.73 Å². The average molecular weight is 152 g/mol.